The van der Waals surface area contributed by atoms with E-state index in [1.165, 1.54) is 6.08 Å². The van der Waals surface area contributed by atoms with E-state index in [1.54, 1.807) is 42.1 Å². The van der Waals surface area contributed by atoms with E-state index in [-0.39, 0.29) is 13.2 Å². The summed E-state index contributed by atoms with van der Waals surface area (Å²) in [7, 11) is 1.61. The number of para-hydroxylation sites is 1. The van der Waals surface area contributed by atoms with Gasteiger partial charge >= 0.3 is 5.97 Å². The average Bonchev–Trinajstić information content (AvgIpc) is 3.39. The normalized spacial score (nSPS) is 12.4. The molecule has 2 heterocycles. The maximum Gasteiger partial charge on any atom is 0.330 e. The largest absolute Gasteiger partial charge is 0.497 e. The Morgan fingerprint density at radius 2 is 1.70 bits per heavy atom. The van der Waals surface area contributed by atoms with E-state index in [2.05, 4.69) is 0 Å². The molecule has 0 N–H and O–H groups in total. The molecule has 5 rings (SSSR count). The van der Waals surface area contributed by atoms with Crippen molar-refractivity contribution in [1.29, 1.82) is 0 Å². The lowest BCUT2D eigenvalue weighted by atomic mass is 10.1. The average molecular weight is 499 g/mol. The second-order valence-electron chi connectivity index (χ2n) is 8.10. The van der Waals surface area contributed by atoms with Crippen molar-refractivity contribution in [1.82, 2.24) is 9.78 Å². The van der Waals surface area contributed by atoms with Crippen LogP contribution in [0.4, 0.5) is 0 Å². The van der Waals surface area contributed by atoms with Crippen LogP contribution in [0.25, 0.3) is 23.0 Å². The fourth-order valence-corrected chi connectivity index (χ4v) is 3.82. The van der Waals surface area contributed by atoms with Gasteiger partial charge in [0.05, 0.1) is 12.8 Å². The van der Waals surface area contributed by atoms with E-state index in [0.29, 0.717) is 36.2 Å². The summed E-state index contributed by atoms with van der Waals surface area (Å²) in [6.07, 6.45) is 4.96. The van der Waals surface area contributed by atoms with E-state index >= 15 is 0 Å². The first-order valence-corrected chi connectivity index (χ1v) is 11.9. The number of benzene rings is 3. The highest BCUT2D eigenvalue weighted by Gasteiger charge is 2.16. The van der Waals surface area contributed by atoms with Gasteiger partial charge in [-0.15, -0.1) is 0 Å². The fraction of sp³-hybridized carbons (Fsp3) is 0.172. The predicted octanol–water partition coefficient (Wildman–Crippen LogP) is 4.95. The van der Waals surface area contributed by atoms with E-state index in [4.69, 9.17) is 28.8 Å². The van der Waals surface area contributed by atoms with Crippen LogP contribution in [0.15, 0.2) is 85.1 Å². The smallest absolute Gasteiger partial charge is 0.330 e. The molecule has 1 aliphatic heterocycles. The van der Waals surface area contributed by atoms with Crippen molar-refractivity contribution in [3.63, 3.8) is 0 Å². The zero-order chi connectivity index (χ0) is 25.5. The third kappa shape index (κ3) is 5.92. The molecule has 8 nitrogen and oxygen atoms in total. The molecular weight excluding hydrogens is 472 g/mol. The van der Waals surface area contributed by atoms with Crippen LogP contribution in [0.5, 0.6) is 23.0 Å². The minimum Gasteiger partial charge on any atom is -0.497 e. The first-order valence-electron chi connectivity index (χ1n) is 11.9. The van der Waals surface area contributed by atoms with Crippen LogP contribution in [0.1, 0.15) is 5.56 Å². The molecule has 188 valence electrons. The van der Waals surface area contributed by atoms with Crippen LogP contribution in [-0.2, 0) is 9.53 Å². The summed E-state index contributed by atoms with van der Waals surface area (Å²) in [4.78, 5) is 12.4. The number of carbonyl (C=O) groups is 1. The molecule has 37 heavy (non-hydrogen) atoms. The van der Waals surface area contributed by atoms with Gasteiger partial charge in [0.15, 0.2) is 11.5 Å². The Morgan fingerprint density at radius 1 is 0.946 bits per heavy atom. The van der Waals surface area contributed by atoms with Gasteiger partial charge in [0.25, 0.3) is 0 Å². The summed E-state index contributed by atoms with van der Waals surface area (Å²) in [5.74, 6) is 2.32. The van der Waals surface area contributed by atoms with Crippen molar-refractivity contribution in [3.05, 3.63) is 90.6 Å². The number of carbonyl (C=O) groups excluding carboxylic acids is 1. The van der Waals surface area contributed by atoms with Crippen LogP contribution in [-0.4, -0.2) is 49.3 Å². The molecular formula is C29H26N2O6. The number of hydrogen-bond acceptors (Lipinski definition) is 7. The molecule has 0 aliphatic carbocycles. The molecule has 0 spiro atoms. The number of rotatable bonds is 9. The summed E-state index contributed by atoms with van der Waals surface area (Å²) in [6, 6.07) is 22.7. The minimum atomic E-state index is -0.473. The molecule has 0 fully saturated rings. The zero-order valence-corrected chi connectivity index (χ0v) is 20.3. The second-order valence-corrected chi connectivity index (χ2v) is 8.10. The van der Waals surface area contributed by atoms with Crippen molar-refractivity contribution in [2.24, 2.45) is 0 Å². The Labute approximate surface area is 214 Å². The third-order valence-corrected chi connectivity index (χ3v) is 5.63. The Morgan fingerprint density at radius 3 is 2.49 bits per heavy atom. The Hall–Kier alpha value is -4.72. The summed E-state index contributed by atoms with van der Waals surface area (Å²) in [5, 5.41) is 4.79. The first kappa shape index (κ1) is 24.0. The number of aromatic nitrogens is 2. The van der Waals surface area contributed by atoms with Gasteiger partial charge in [-0.1, -0.05) is 18.2 Å². The number of methoxy groups -OCH3 is 1. The zero-order valence-electron chi connectivity index (χ0n) is 20.3. The second kappa shape index (κ2) is 11.3. The van der Waals surface area contributed by atoms with E-state index in [0.717, 1.165) is 22.6 Å². The van der Waals surface area contributed by atoms with Gasteiger partial charge in [0.1, 0.15) is 43.6 Å². The van der Waals surface area contributed by atoms with Crippen molar-refractivity contribution in [2.75, 3.05) is 33.5 Å². The lowest BCUT2D eigenvalue weighted by Crippen LogP contribution is -2.15. The fourth-order valence-electron chi connectivity index (χ4n) is 3.82. The third-order valence-electron chi connectivity index (χ3n) is 5.63. The van der Waals surface area contributed by atoms with Crippen molar-refractivity contribution in [2.45, 2.75) is 0 Å². The van der Waals surface area contributed by atoms with Crippen LogP contribution in [0.3, 0.4) is 0 Å². The van der Waals surface area contributed by atoms with E-state index < -0.39 is 5.97 Å². The first-order chi connectivity index (χ1) is 18.2. The van der Waals surface area contributed by atoms with E-state index in [1.807, 2.05) is 54.7 Å². The summed E-state index contributed by atoms with van der Waals surface area (Å²) in [6.45, 7) is 1.37. The summed E-state index contributed by atoms with van der Waals surface area (Å²) in [5.41, 5.74) is 3.21. The molecule has 1 aliphatic rings. The molecule has 0 bridgehead atoms. The summed E-state index contributed by atoms with van der Waals surface area (Å²) < 4.78 is 29.2. The maximum absolute atomic E-state index is 12.4. The van der Waals surface area contributed by atoms with Crippen molar-refractivity contribution >= 4 is 12.0 Å². The molecule has 0 saturated carbocycles. The molecule has 0 amide bonds. The SMILES string of the molecule is COc1ccc(OCCOC(=O)/C=C/c2cn(-c3ccccc3)nc2-c2ccc3c(c2)OCCO3)cc1. The van der Waals surface area contributed by atoms with Gasteiger partial charge in [-0.25, -0.2) is 9.48 Å². The highest BCUT2D eigenvalue weighted by atomic mass is 16.6. The highest BCUT2D eigenvalue weighted by Crippen LogP contribution is 2.35. The number of hydrogen-bond donors (Lipinski definition) is 0. The van der Waals surface area contributed by atoms with Gasteiger partial charge in [-0.05, 0) is 60.7 Å². The number of ether oxygens (including phenoxy) is 5. The molecule has 4 aromatic rings. The maximum atomic E-state index is 12.4. The molecule has 1 aromatic heterocycles. The summed E-state index contributed by atoms with van der Waals surface area (Å²) >= 11 is 0. The molecule has 0 saturated heterocycles. The van der Waals surface area contributed by atoms with Crippen LogP contribution in [0.2, 0.25) is 0 Å². The Kier molecular flexibility index (Phi) is 7.36. The molecule has 8 heteroatoms. The minimum absolute atomic E-state index is 0.119. The quantitative estimate of drug-likeness (QED) is 0.183. The number of esters is 1. The van der Waals surface area contributed by atoms with Crippen LogP contribution < -0.4 is 18.9 Å². The monoisotopic (exact) mass is 498 g/mol. The topological polar surface area (TPSA) is 81.0 Å². The number of fused-ring (bicyclic) bond motifs is 1. The molecule has 0 atom stereocenters. The van der Waals surface area contributed by atoms with Gasteiger partial charge in [0.2, 0.25) is 0 Å². The predicted molar refractivity (Wildman–Crippen MR) is 138 cm³/mol. The van der Waals surface area contributed by atoms with Gasteiger partial charge < -0.3 is 23.7 Å². The van der Waals surface area contributed by atoms with Crippen LogP contribution in [0, 0.1) is 0 Å². The number of nitrogens with zero attached hydrogens (tertiary/aromatic N) is 2. The Bertz CT molecular complexity index is 1380. The highest BCUT2D eigenvalue weighted by molar-refractivity contribution is 5.88. The van der Waals surface area contributed by atoms with Crippen molar-refractivity contribution < 1.29 is 28.5 Å². The van der Waals surface area contributed by atoms with Crippen LogP contribution >= 0.6 is 0 Å². The lowest BCUT2D eigenvalue weighted by Gasteiger charge is -2.18. The Balaban J connectivity index is 1.28. The molecule has 0 radical (unpaired) electrons. The standard InChI is InChI=1S/C29H26N2O6/c1-33-24-9-11-25(12-10-24)34-15-18-37-28(32)14-8-22-20-31(23-5-3-2-4-6-23)30-29(22)21-7-13-26-27(19-21)36-17-16-35-26/h2-14,19-20H,15-18H2,1H3/b14-8+. The van der Waals surface area contributed by atoms with Gasteiger partial charge in [-0.2, -0.15) is 5.10 Å². The lowest BCUT2D eigenvalue weighted by molar-refractivity contribution is -0.138. The van der Waals surface area contributed by atoms with Crippen molar-refractivity contribution in [3.8, 4) is 39.9 Å². The van der Waals surface area contributed by atoms with E-state index in [9.17, 15) is 4.79 Å². The molecule has 3 aromatic carbocycles. The van der Waals surface area contributed by atoms with Gasteiger partial charge in [-0.3, -0.25) is 0 Å². The van der Waals surface area contributed by atoms with Gasteiger partial charge in [0, 0.05) is 23.4 Å². The molecule has 0 unspecified atom stereocenters.